The summed E-state index contributed by atoms with van der Waals surface area (Å²) >= 11 is 4.89. The lowest BCUT2D eigenvalue weighted by Gasteiger charge is -2.38. The average molecular weight is 346 g/mol. The molecule has 0 bridgehead atoms. The van der Waals surface area contributed by atoms with Gasteiger partial charge in [0.15, 0.2) is 0 Å². The van der Waals surface area contributed by atoms with Crippen molar-refractivity contribution < 1.29 is 14.7 Å². The number of halogens is 1. The van der Waals surface area contributed by atoms with Crippen molar-refractivity contribution in [3.8, 4) is 0 Å². The second-order valence-electron chi connectivity index (χ2n) is 4.68. The number of hydrogen-bond acceptors (Lipinski definition) is 3. The van der Waals surface area contributed by atoms with E-state index in [0.717, 1.165) is 15.8 Å². The molecular weight excluding hydrogens is 330 g/mol. The van der Waals surface area contributed by atoms with E-state index in [1.807, 2.05) is 18.4 Å². The minimum Gasteiger partial charge on any atom is -0.481 e. The van der Waals surface area contributed by atoms with Crippen LogP contribution in [0.5, 0.6) is 0 Å². The monoisotopic (exact) mass is 345 g/mol. The van der Waals surface area contributed by atoms with Crippen molar-refractivity contribution >= 4 is 39.1 Å². The van der Waals surface area contributed by atoms with Crippen molar-refractivity contribution in [1.82, 2.24) is 4.90 Å². The molecule has 4 nitrogen and oxygen atoms in total. The van der Waals surface area contributed by atoms with Crippen molar-refractivity contribution in [2.24, 2.45) is 5.92 Å². The first kappa shape index (κ1) is 14.5. The highest BCUT2D eigenvalue weighted by molar-refractivity contribution is 9.10. The minimum absolute atomic E-state index is 0.0638. The number of likely N-dealkylation sites (tertiary alicyclic amines) is 1. The van der Waals surface area contributed by atoms with Crippen molar-refractivity contribution in [3.05, 3.63) is 20.8 Å². The van der Waals surface area contributed by atoms with Gasteiger partial charge in [-0.1, -0.05) is 6.92 Å². The number of carboxylic acid groups (broad SMARTS) is 1. The molecule has 1 fully saturated rings. The summed E-state index contributed by atoms with van der Waals surface area (Å²) in [5.74, 6) is -1.26. The van der Waals surface area contributed by atoms with Crippen molar-refractivity contribution in [1.29, 1.82) is 0 Å². The molecule has 0 aromatic carbocycles. The minimum atomic E-state index is -0.817. The van der Waals surface area contributed by atoms with Crippen LogP contribution in [-0.4, -0.2) is 28.4 Å². The van der Waals surface area contributed by atoms with Gasteiger partial charge in [-0.05, 0) is 34.8 Å². The van der Waals surface area contributed by atoms with Gasteiger partial charge in [-0.25, -0.2) is 0 Å². The van der Waals surface area contributed by atoms with Crippen LogP contribution in [0.4, 0.5) is 0 Å². The summed E-state index contributed by atoms with van der Waals surface area (Å²) in [6, 6.07) is 1.60. The average Bonchev–Trinajstić information content (AvgIpc) is 2.78. The largest absolute Gasteiger partial charge is 0.481 e. The smallest absolute Gasteiger partial charge is 0.308 e. The maximum absolute atomic E-state index is 12.1. The van der Waals surface area contributed by atoms with E-state index in [1.165, 1.54) is 11.3 Å². The third-order valence-electron chi connectivity index (χ3n) is 3.37. The van der Waals surface area contributed by atoms with Gasteiger partial charge < -0.3 is 10.0 Å². The number of rotatable bonds is 4. The van der Waals surface area contributed by atoms with Crippen LogP contribution in [0, 0.1) is 5.92 Å². The first-order valence-corrected chi connectivity index (χ1v) is 7.98. The summed E-state index contributed by atoms with van der Waals surface area (Å²) in [6.45, 7) is 2.61. The molecule has 2 rings (SSSR count). The molecule has 6 heteroatoms. The predicted molar refractivity (Wildman–Crippen MR) is 77.1 cm³/mol. The molecular formula is C13H16BrNO3S. The Balaban J connectivity index is 2.37. The highest BCUT2D eigenvalue weighted by Crippen LogP contribution is 2.40. The highest BCUT2D eigenvalue weighted by Gasteiger charge is 2.40. The van der Waals surface area contributed by atoms with E-state index < -0.39 is 11.9 Å². The number of hydrogen-bond donors (Lipinski definition) is 1. The number of carbonyl (C=O) groups excluding carboxylic acids is 1. The number of thiophene rings is 1. The predicted octanol–water partition coefficient (Wildman–Crippen LogP) is 3.28. The molecule has 2 heterocycles. The SMILES string of the molecule is CCCN1C(=O)CCC(C(=O)O)C1c1cc(Br)cs1. The Morgan fingerprint density at radius 2 is 2.37 bits per heavy atom. The van der Waals surface area contributed by atoms with Gasteiger partial charge in [-0.2, -0.15) is 0 Å². The Labute approximate surface area is 124 Å². The lowest BCUT2D eigenvalue weighted by Crippen LogP contribution is -2.45. The second-order valence-corrected chi connectivity index (χ2v) is 6.54. The van der Waals surface area contributed by atoms with E-state index >= 15 is 0 Å². The van der Waals surface area contributed by atoms with Crippen LogP contribution < -0.4 is 0 Å². The molecule has 1 amide bonds. The molecule has 1 aromatic heterocycles. The second kappa shape index (κ2) is 6.05. The molecule has 2 atom stereocenters. The van der Waals surface area contributed by atoms with E-state index in [0.29, 0.717) is 19.4 Å². The summed E-state index contributed by atoms with van der Waals surface area (Å²) in [7, 11) is 0. The molecule has 1 saturated heterocycles. The molecule has 2 unspecified atom stereocenters. The van der Waals surface area contributed by atoms with Crippen LogP contribution in [0.25, 0.3) is 0 Å². The van der Waals surface area contributed by atoms with Gasteiger partial charge in [0.1, 0.15) is 0 Å². The fraction of sp³-hybridized carbons (Fsp3) is 0.538. The fourth-order valence-electron chi connectivity index (χ4n) is 2.55. The van der Waals surface area contributed by atoms with Gasteiger partial charge in [0.05, 0.1) is 12.0 Å². The van der Waals surface area contributed by atoms with E-state index in [4.69, 9.17) is 0 Å². The Kier molecular flexibility index (Phi) is 4.62. The van der Waals surface area contributed by atoms with E-state index in [9.17, 15) is 14.7 Å². The van der Waals surface area contributed by atoms with Gasteiger partial charge in [0.25, 0.3) is 0 Å². The lowest BCUT2D eigenvalue weighted by atomic mass is 9.87. The van der Waals surface area contributed by atoms with E-state index in [2.05, 4.69) is 15.9 Å². The number of carboxylic acids is 1. The normalized spacial score (nSPS) is 23.7. The Morgan fingerprint density at radius 3 is 2.89 bits per heavy atom. The van der Waals surface area contributed by atoms with Crippen LogP contribution in [0.3, 0.4) is 0 Å². The topological polar surface area (TPSA) is 57.6 Å². The molecule has 1 aromatic rings. The third-order valence-corrected chi connectivity index (χ3v) is 5.13. The maximum Gasteiger partial charge on any atom is 0.308 e. The Bertz CT molecular complexity index is 488. The summed E-state index contributed by atoms with van der Waals surface area (Å²) in [5.41, 5.74) is 0. The van der Waals surface area contributed by atoms with Crippen LogP contribution in [-0.2, 0) is 9.59 Å². The zero-order valence-corrected chi connectivity index (χ0v) is 13.0. The van der Waals surface area contributed by atoms with Crippen LogP contribution in [0.1, 0.15) is 37.1 Å². The molecule has 0 saturated carbocycles. The molecule has 0 radical (unpaired) electrons. The van der Waals surface area contributed by atoms with Crippen LogP contribution in [0.15, 0.2) is 15.9 Å². The Hall–Kier alpha value is -0.880. The number of nitrogens with zero attached hydrogens (tertiary/aromatic N) is 1. The zero-order chi connectivity index (χ0) is 14.0. The quantitative estimate of drug-likeness (QED) is 0.910. The lowest BCUT2D eigenvalue weighted by molar-refractivity contribution is -0.152. The summed E-state index contributed by atoms with van der Waals surface area (Å²) in [4.78, 5) is 26.2. The fourth-order valence-corrected chi connectivity index (χ4v) is 4.17. The number of piperidine rings is 1. The van der Waals surface area contributed by atoms with Gasteiger partial charge in [0, 0.05) is 27.7 Å². The van der Waals surface area contributed by atoms with Gasteiger partial charge in [-0.3, -0.25) is 9.59 Å². The van der Waals surface area contributed by atoms with Crippen molar-refractivity contribution in [2.45, 2.75) is 32.2 Å². The molecule has 1 aliphatic rings. The number of carbonyl (C=O) groups is 2. The van der Waals surface area contributed by atoms with Crippen LogP contribution in [0.2, 0.25) is 0 Å². The van der Waals surface area contributed by atoms with Gasteiger partial charge >= 0.3 is 5.97 Å². The standard InChI is InChI=1S/C13H16BrNO3S/c1-2-5-15-11(16)4-3-9(13(17)18)12(15)10-6-8(14)7-19-10/h6-7,9,12H,2-5H2,1H3,(H,17,18). The van der Waals surface area contributed by atoms with Crippen molar-refractivity contribution in [2.75, 3.05) is 6.54 Å². The van der Waals surface area contributed by atoms with Crippen molar-refractivity contribution in [3.63, 3.8) is 0 Å². The van der Waals surface area contributed by atoms with Gasteiger partial charge in [0.2, 0.25) is 5.91 Å². The first-order chi connectivity index (χ1) is 9.04. The molecule has 0 spiro atoms. The Morgan fingerprint density at radius 1 is 1.63 bits per heavy atom. The summed E-state index contributed by atoms with van der Waals surface area (Å²) < 4.78 is 0.936. The zero-order valence-electron chi connectivity index (χ0n) is 10.6. The van der Waals surface area contributed by atoms with Crippen LogP contribution >= 0.6 is 27.3 Å². The number of aliphatic carboxylic acids is 1. The molecule has 104 valence electrons. The number of amides is 1. The first-order valence-electron chi connectivity index (χ1n) is 6.30. The summed E-state index contributed by atoms with van der Waals surface area (Å²) in [5, 5.41) is 11.3. The van der Waals surface area contributed by atoms with E-state index in [-0.39, 0.29) is 11.9 Å². The molecule has 1 aliphatic heterocycles. The van der Waals surface area contributed by atoms with Gasteiger partial charge in [-0.15, -0.1) is 11.3 Å². The third kappa shape index (κ3) is 3.00. The molecule has 19 heavy (non-hydrogen) atoms. The maximum atomic E-state index is 12.1. The molecule has 0 aliphatic carbocycles. The van der Waals surface area contributed by atoms with E-state index in [1.54, 1.807) is 4.90 Å². The molecule has 1 N–H and O–H groups in total. The highest BCUT2D eigenvalue weighted by atomic mass is 79.9. The summed E-state index contributed by atoms with van der Waals surface area (Å²) in [6.07, 6.45) is 1.59.